The van der Waals surface area contributed by atoms with Gasteiger partial charge < -0.3 is 10.1 Å². The Morgan fingerprint density at radius 3 is 2.65 bits per heavy atom. The summed E-state index contributed by atoms with van der Waals surface area (Å²) in [6.07, 6.45) is 2.72. The number of rotatable bonds is 7. The maximum atomic E-state index is 11.3. The van der Waals surface area contributed by atoms with Crippen LogP contribution in [-0.4, -0.2) is 19.6 Å². The summed E-state index contributed by atoms with van der Waals surface area (Å²) >= 11 is 0. The van der Waals surface area contributed by atoms with Gasteiger partial charge in [-0.1, -0.05) is 37.6 Å². The molecule has 3 nitrogen and oxygen atoms in total. The molecule has 17 heavy (non-hydrogen) atoms. The molecule has 0 aliphatic carbocycles. The van der Waals surface area contributed by atoms with Crippen molar-refractivity contribution in [2.24, 2.45) is 0 Å². The maximum Gasteiger partial charge on any atom is 0.309 e. The Morgan fingerprint density at radius 2 is 2.00 bits per heavy atom. The first-order valence-corrected chi connectivity index (χ1v) is 6.12. The number of benzene rings is 1. The van der Waals surface area contributed by atoms with Gasteiger partial charge in [0.05, 0.1) is 13.5 Å². The van der Waals surface area contributed by atoms with Crippen LogP contribution in [0.1, 0.15) is 30.9 Å². The van der Waals surface area contributed by atoms with Gasteiger partial charge in [-0.05, 0) is 24.1 Å². The van der Waals surface area contributed by atoms with Gasteiger partial charge in [0.15, 0.2) is 0 Å². The highest BCUT2D eigenvalue weighted by Gasteiger charge is 2.06. The Morgan fingerprint density at radius 1 is 1.29 bits per heavy atom. The quantitative estimate of drug-likeness (QED) is 0.582. The molecule has 0 saturated carbocycles. The van der Waals surface area contributed by atoms with Crippen LogP contribution in [0.3, 0.4) is 0 Å². The van der Waals surface area contributed by atoms with Crippen LogP contribution in [-0.2, 0) is 22.5 Å². The van der Waals surface area contributed by atoms with Gasteiger partial charge in [0.1, 0.15) is 0 Å². The summed E-state index contributed by atoms with van der Waals surface area (Å²) in [6, 6.07) is 7.98. The van der Waals surface area contributed by atoms with Crippen molar-refractivity contribution in [2.45, 2.75) is 32.7 Å². The number of methoxy groups -OCH3 is 1. The highest BCUT2D eigenvalue weighted by molar-refractivity contribution is 5.72. The summed E-state index contributed by atoms with van der Waals surface area (Å²) in [7, 11) is 1.42. The topological polar surface area (TPSA) is 38.3 Å². The number of hydrogen-bond acceptors (Lipinski definition) is 3. The summed E-state index contributed by atoms with van der Waals surface area (Å²) in [4.78, 5) is 11.3. The summed E-state index contributed by atoms with van der Waals surface area (Å²) in [5, 5.41) is 3.38. The lowest BCUT2D eigenvalue weighted by atomic mass is 10.0. The molecule has 0 amide bonds. The molecule has 0 atom stereocenters. The van der Waals surface area contributed by atoms with Gasteiger partial charge in [-0.15, -0.1) is 0 Å². The highest BCUT2D eigenvalue weighted by atomic mass is 16.5. The van der Waals surface area contributed by atoms with E-state index >= 15 is 0 Å². The third kappa shape index (κ3) is 5.00. The highest BCUT2D eigenvalue weighted by Crippen LogP contribution is 2.10. The average Bonchev–Trinajstić information content (AvgIpc) is 2.36. The van der Waals surface area contributed by atoms with Gasteiger partial charge in [-0.3, -0.25) is 4.79 Å². The minimum absolute atomic E-state index is 0.189. The lowest BCUT2D eigenvalue weighted by Gasteiger charge is -2.09. The molecule has 0 unspecified atom stereocenters. The largest absolute Gasteiger partial charge is 0.469 e. The van der Waals surface area contributed by atoms with E-state index < -0.39 is 0 Å². The molecular formula is C14H21NO2. The van der Waals surface area contributed by atoms with Crippen molar-refractivity contribution in [3.05, 3.63) is 35.4 Å². The van der Waals surface area contributed by atoms with Crippen LogP contribution in [0.25, 0.3) is 0 Å². The van der Waals surface area contributed by atoms with Crippen LogP contribution in [0.4, 0.5) is 0 Å². The number of unbranched alkanes of at least 4 members (excludes halogenated alkanes) is 1. The fraction of sp³-hybridized carbons (Fsp3) is 0.500. The van der Waals surface area contributed by atoms with Crippen molar-refractivity contribution in [3.8, 4) is 0 Å². The van der Waals surface area contributed by atoms with Crippen LogP contribution in [0.5, 0.6) is 0 Å². The summed E-state index contributed by atoms with van der Waals surface area (Å²) < 4.78 is 4.69. The van der Waals surface area contributed by atoms with Gasteiger partial charge >= 0.3 is 5.97 Å². The molecule has 0 fully saturated rings. The van der Waals surface area contributed by atoms with Crippen molar-refractivity contribution in [2.75, 3.05) is 13.7 Å². The first-order valence-electron chi connectivity index (χ1n) is 6.12. The molecule has 1 aromatic carbocycles. The second-order valence-electron chi connectivity index (χ2n) is 4.05. The molecular weight excluding hydrogens is 214 g/mol. The first kappa shape index (κ1) is 13.7. The van der Waals surface area contributed by atoms with Crippen LogP contribution in [0.15, 0.2) is 24.3 Å². The van der Waals surface area contributed by atoms with Crippen molar-refractivity contribution >= 4 is 5.97 Å². The van der Waals surface area contributed by atoms with Gasteiger partial charge in [-0.2, -0.15) is 0 Å². The zero-order chi connectivity index (χ0) is 12.5. The molecule has 0 heterocycles. The minimum Gasteiger partial charge on any atom is -0.469 e. The third-order valence-electron chi connectivity index (χ3n) is 2.70. The number of carbonyl (C=O) groups is 1. The average molecular weight is 235 g/mol. The van der Waals surface area contributed by atoms with Gasteiger partial charge in [0, 0.05) is 6.54 Å². The van der Waals surface area contributed by atoms with Crippen molar-refractivity contribution in [1.82, 2.24) is 5.32 Å². The Kier molecular flexibility index (Phi) is 6.33. The molecule has 3 heteroatoms. The van der Waals surface area contributed by atoms with Crippen molar-refractivity contribution in [1.29, 1.82) is 0 Å². The van der Waals surface area contributed by atoms with Gasteiger partial charge in [0.2, 0.25) is 0 Å². The second kappa shape index (κ2) is 7.85. The second-order valence-corrected chi connectivity index (χ2v) is 4.05. The van der Waals surface area contributed by atoms with E-state index in [9.17, 15) is 4.79 Å². The van der Waals surface area contributed by atoms with Crippen molar-refractivity contribution in [3.63, 3.8) is 0 Å². The van der Waals surface area contributed by atoms with Crippen LogP contribution >= 0.6 is 0 Å². The van der Waals surface area contributed by atoms with E-state index in [2.05, 4.69) is 18.3 Å². The lowest BCUT2D eigenvalue weighted by molar-refractivity contribution is -0.139. The van der Waals surface area contributed by atoms with Crippen LogP contribution in [0, 0.1) is 0 Å². The Hall–Kier alpha value is -1.35. The molecule has 0 spiro atoms. The molecule has 1 rings (SSSR count). The standard InChI is InChI=1S/C14H21NO2/c1-3-4-9-15-11-13-8-6-5-7-12(13)10-14(16)17-2/h5-8,15H,3-4,9-11H2,1-2H3. The van der Waals surface area contributed by atoms with E-state index in [0.717, 1.165) is 18.7 Å². The summed E-state index contributed by atoms with van der Waals surface area (Å²) in [5.41, 5.74) is 2.22. The molecule has 0 aliphatic heterocycles. The molecule has 0 saturated heterocycles. The molecule has 0 bridgehead atoms. The number of ether oxygens (including phenoxy) is 1. The van der Waals surface area contributed by atoms with Crippen molar-refractivity contribution < 1.29 is 9.53 Å². The molecule has 0 aliphatic rings. The summed E-state index contributed by atoms with van der Waals surface area (Å²) in [6.45, 7) is 4.00. The number of carbonyl (C=O) groups excluding carboxylic acids is 1. The SMILES string of the molecule is CCCCNCc1ccccc1CC(=O)OC. The molecule has 1 N–H and O–H groups in total. The number of esters is 1. The van der Waals surface area contributed by atoms with E-state index in [1.54, 1.807) is 0 Å². The number of hydrogen-bond donors (Lipinski definition) is 1. The normalized spacial score (nSPS) is 10.2. The van der Waals surface area contributed by atoms with Gasteiger partial charge in [0.25, 0.3) is 0 Å². The predicted octanol–water partition coefficient (Wildman–Crippen LogP) is 2.29. The maximum absolute atomic E-state index is 11.3. The van der Waals surface area contributed by atoms with Crippen LogP contribution in [0.2, 0.25) is 0 Å². The lowest BCUT2D eigenvalue weighted by Crippen LogP contribution is -2.16. The Balaban J connectivity index is 2.54. The molecule has 0 radical (unpaired) electrons. The zero-order valence-electron chi connectivity index (χ0n) is 10.7. The molecule has 0 aromatic heterocycles. The predicted molar refractivity (Wildman–Crippen MR) is 68.8 cm³/mol. The molecule has 94 valence electrons. The van der Waals surface area contributed by atoms with E-state index in [1.165, 1.54) is 25.5 Å². The van der Waals surface area contributed by atoms with Crippen LogP contribution < -0.4 is 5.32 Å². The Bertz CT molecular complexity index is 350. The summed E-state index contributed by atoms with van der Waals surface area (Å²) in [5.74, 6) is -0.189. The van der Waals surface area contributed by atoms with E-state index in [1.807, 2.05) is 18.2 Å². The van der Waals surface area contributed by atoms with E-state index in [0.29, 0.717) is 6.42 Å². The smallest absolute Gasteiger partial charge is 0.309 e. The fourth-order valence-electron chi connectivity index (χ4n) is 1.65. The van der Waals surface area contributed by atoms with E-state index in [-0.39, 0.29) is 5.97 Å². The minimum atomic E-state index is -0.189. The third-order valence-corrected chi connectivity index (χ3v) is 2.70. The zero-order valence-corrected chi connectivity index (χ0v) is 10.7. The number of nitrogens with one attached hydrogen (secondary N) is 1. The van der Waals surface area contributed by atoms with E-state index in [4.69, 9.17) is 4.74 Å². The fourth-order valence-corrected chi connectivity index (χ4v) is 1.65. The molecule has 1 aromatic rings. The monoisotopic (exact) mass is 235 g/mol. The first-order chi connectivity index (χ1) is 8.27. The van der Waals surface area contributed by atoms with Gasteiger partial charge in [-0.25, -0.2) is 0 Å². The Labute approximate surface area is 103 Å².